The molecule has 0 amide bonds. The van der Waals surface area contributed by atoms with Gasteiger partial charge in [-0.25, -0.2) is 9.37 Å². The van der Waals surface area contributed by atoms with Crippen LogP contribution in [0.4, 0.5) is 21.8 Å². The predicted molar refractivity (Wildman–Crippen MR) is 86.2 cm³/mol. The number of hydrogen-bond acceptors (Lipinski definition) is 5. The summed E-state index contributed by atoms with van der Waals surface area (Å²) in [5, 5.41) is 3.99. The molecule has 4 nitrogen and oxygen atoms in total. The first kappa shape index (κ1) is 13.8. The molecule has 3 rings (SSSR count). The number of nitrogens with one attached hydrogen (secondary N) is 1. The van der Waals surface area contributed by atoms with Crippen molar-refractivity contribution < 1.29 is 4.39 Å². The third-order valence-corrected chi connectivity index (χ3v) is 4.20. The number of benzene rings is 1. The van der Waals surface area contributed by atoms with Crippen molar-refractivity contribution in [3.8, 4) is 0 Å². The van der Waals surface area contributed by atoms with E-state index in [0.717, 1.165) is 21.7 Å². The van der Waals surface area contributed by atoms with Gasteiger partial charge in [-0.15, -0.1) is 11.3 Å². The molecule has 0 radical (unpaired) electrons. The minimum atomic E-state index is -0.248. The van der Waals surface area contributed by atoms with Crippen LogP contribution in [-0.4, -0.2) is 24.1 Å². The van der Waals surface area contributed by atoms with Gasteiger partial charge in [-0.1, -0.05) is 0 Å². The third-order valence-electron chi connectivity index (χ3n) is 3.25. The first-order valence-corrected chi connectivity index (χ1v) is 7.35. The number of hydrogen-bond donors (Lipinski definition) is 1. The second-order valence-corrected chi connectivity index (χ2v) is 5.97. The molecule has 2 heterocycles. The number of anilines is 3. The number of aromatic nitrogens is 2. The predicted octanol–water partition coefficient (Wildman–Crippen LogP) is 3.95. The molecule has 0 bridgehead atoms. The third kappa shape index (κ3) is 2.54. The van der Waals surface area contributed by atoms with Gasteiger partial charge < -0.3 is 10.2 Å². The molecular weight excluding hydrogens is 287 g/mol. The largest absolute Gasteiger partial charge is 0.357 e. The SMILES string of the molecule is CNc1nc(N(C)c2ccc(F)cc2)c2cc(C)sc2n1. The highest BCUT2D eigenvalue weighted by Crippen LogP contribution is 2.34. The number of halogens is 1. The summed E-state index contributed by atoms with van der Waals surface area (Å²) in [5.74, 6) is 1.14. The lowest BCUT2D eigenvalue weighted by atomic mass is 10.2. The standard InChI is InChI=1S/C15H15FN4S/c1-9-8-12-13(18-15(17-2)19-14(12)21-9)20(3)11-6-4-10(16)5-7-11/h4-8H,1-3H3,(H,17,18,19). The van der Waals surface area contributed by atoms with Gasteiger partial charge in [0.15, 0.2) is 0 Å². The summed E-state index contributed by atoms with van der Waals surface area (Å²) in [6.07, 6.45) is 0. The Balaban J connectivity index is 2.15. The van der Waals surface area contributed by atoms with E-state index < -0.39 is 0 Å². The van der Waals surface area contributed by atoms with Crippen LogP contribution in [0.15, 0.2) is 30.3 Å². The molecule has 0 spiro atoms. The van der Waals surface area contributed by atoms with E-state index in [4.69, 9.17) is 0 Å². The number of aryl methyl sites for hydroxylation is 1. The monoisotopic (exact) mass is 302 g/mol. The van der Waals surface area contributed by atoms with E-state index in [0.29, 0.717) is 5.95 Å². The molecule has 0 fully saturated rings. The molecule has 1 aromatic carbocycles. The Hall–Kier alpha value is -2.21. The number of fused-ring (bicyclic) bond motifs is 1. The van der Waals surface area contributed by atoms with Gasteiger partial charge in [-0.05, 0) is 37.3 Å². The minimum absolute atomic E-state index is 0.248. The molecule has 0 saturated heterocycles. The number of rotatable bonds is 3. The van der Waals surface area contributed by atoms with Crippen molar-refractivity contribution in [3.63, 3.8) is 0 Å². The van der Waals surface area contributed by atoms with Gasteiger partial charge in [0.25, 0.3) is 0 Å². The molecule has 0 aliphatic rings. The van der Waals surface area contributed by atoms with Crippen LogP contribution in [0, 0.1) is 12.7 Å². The average molecular weight is 302 g/mol. The van der Waals surface area contributed by atoms with Gasteiger partial charge in [0.05, 0.1) is 5.39 Å². The molecule has 1 N–H and O–H groups in total. The van der Waals surface area contributed by atoms with E-state index in [2.05, 4.69) is 21.4 Å². The fraction of sp³-hybridized carbons (Fsp3) is 0.200. The Morgan fingerprint density at radius 2 is 1.90 bits per heavy atom. The van der Waals surface area contributed by atoms with Crippen molar-refractivity contribution in [2.75, 3.05) is 24.3 Å². The van der Waals surface area contributed by atoms with E-state index in [-0.39, 0.29) is 5.82 Å². The van der Waals surface area contributed by atoms with Gasteiger partial charge in [-0.2, -0.15) is 4.98 Å². The summed E-state index contributed by atoms with van der Waals surface area (Å²) in [6, 6.07) is 8.45. The summed E-state index contributed by atoms with van der Waals surface area (Å²) in [6.45, 7) is 2.05. The van der Waals surface area contributed by atoms with Gasteiger partial charge in [0.1, 0.15) is 16.5 Å². The second kappa shape index (κ2) is 5.29. The molecule has 0 unspecified atom stereocenters. The molecule has 108 valence electrons. The van der Waals surface area contributed by atoms with E-state index in [9.17, 15) is 4.39 Å². The lowest BCUT2D eigenvalue weighted by Crippen LogP contribution is -2.13. The van der Waals surface area contributed by atoms with Crippen molar-refractivity contribution in [1.82, 2.24) is 9.97 Å². The molecule has 0 aliphatic carbocycles. The summed E-state index contributed by atoms with van der Waals surface area (Å²) < 4.78 is 13.1. The van der Waals surface area contributed by atoms with Crippen LogP contribution in [0.25, 0.3) is 10.2 Å². The van der Waals surface area contributed by atoms with Crippen molar-refractivity contribution in [1.29, 1.82) is 0 Å². The van der Waals surface area contributed by atoms with Crippen LogP contribution in [0.5, 0.6) is 0 Å². The zero-order valence-corrected chi connectivity index (χ0v) is 12.8. The van der Waals surface area contributed by atoms with E-state index in [1.165, 1.54) is 17.0 Å². The molecule has 0 atom stereocenters. The first-order chi connectivity index (χ1) is 10.1. The number of thiophene rings is 1. The van der Waals surface area contributed by atoms with Crippen LogP contribution in [0.2, 0.25) is 0 Å². The lowest BCUT2D eigenvalue weighted by Gasteiger charge is -2.19. The maximum absolute atomic E-state index is 13.1. The van der Waals surface area contributed by atoms with Crippen molar-refractivity contribution in [2.45, 2.75) is 6.92 Å². The van der Waals surface area contributed by atoms with Crippen molar-refractivity contribution >= 4 is 39.0 Å². The Morgan fingerprint density at radius 1 is 1.19 bits per heavy atom. The van der Waals surface area contributed by atoms with Crippen LogP contribution in [0.1, 0.15) is 4.88 Å². The molecule has 6 heteroatoms. The highest BCUT2D eigenvalue weighted by atomic mass is 32.1. The van der Waals surface area contributed by atoms with Crippen molar-refractivity contribution in [3.05, 3.63) is 41.0 Å². The molecule has 3 aromatic rings. The topological polar surface area (TPSA) is 41.1 Å². The summed E-state index contributed by atoms with van der Waals surface area (Å²) in [4.78, 5) is 13.1. The van der Waals surface area contributed by atoms with E-state index in [1.54, 1.807) is 30.5 Å². The van der Waals surface area contributed by atoms with Crippen LogP contribution in [0.3, 0.4) is 0 Å². The van der Waals surface area contributed by atoms with Crippen LogP contribution < -0.4 is 10.2 Å². The Kier molecular flexibility index (Phi) is 3.47. The summed E-state index contributed by atoms with van der Waals surface area (Å²) in [7, 11) is 3.71. The average Bonchev–Trinajstić information content (AvgIpc) is 2.86. The smallest absolute Gasteiger partial charge is 0.225 e. The van der Waals surface area contributed by atoms with Gasteiger partial charge in [0.2, 0.25) is 5.95 Å². The fourth-order valence-electron chi connectivity index (χ4n) is 2.18. The number of nitrogens with zero attached hydrogens (tertiary/aromatic N) is 3. The van der Waals surface area contributed by atoms with Gasteiger partial charge >= 0.3 is 0 Å². The molecular formula is C15H15FN4S. The quantitative estimate of drug-likeness (QED) is 0.795. The normalized spacial score (nSPS) is 10.9. The first-order valence-electron chi connectivity index (χ1n) is 6.53. The maximum atomic E-state index is 13.1. The van der Waals surface area contributed by atoms with E-state index in [1.807, 2.05) is 18.9 Å². The summed E-state index contributed by atoms with van der Waals surface area (Å²) >= 11 is 1.63. The Bertz CT molecular complexity index is 782. The van der Waals surface area contributed by atoms with Crippen molar-refractivity contribution in [2.24, 2.45) is 0 Å². The summed E-state index contributed by atoms with van der Waals surface area (Å²) in [5.41, 5.74) is 0.877. The maximum Gasteiger partial charge on any atom is 0.225 e. The fourth-order valence-corrected chi connectivity index (χ4v) is 3.06. The van der Waals surface area contributed by atoms with Gasteiger partial charge in [0, 0.05) is 24.7 Å². The van der Waals surface area contributed by atoms with E-state index >= 15 is 0 Å². The molecule has 0 aliphatic heterocycles. The zero-order chi connectivity index (χ0) is 15.0. The Labute approximate surface area is 126 Å². The molecule has 2 aromatic heterocycles. The Morgan fingerprint density at radius 3 is 2.57 bits per heavy atom. The van der Waals surface area contributed by atoms with Crippen LogP contribution in [-0.2, 0) is 0 Å². The zero-order valence-electron chi connectivity index (χ0n) is 12.0. The minimum Gasteiger partial charge on any atom is -0.357 e. The molecule has 0 saturated carbocycles. The second-order valence-electron chi connectivity index (χ2n) is 4.73. The lowest BCUT2D eigenvalue weighted by molar-refractivity contribution is 0.628. The van der Waals surface area contributed by atoms with Gasteiger partial charge in [-0.3, -0.25) is 0 Å². The highest BCUT2D eigenvalue weighted by Gasteiger charge is 2.14. The molecule has 21 heavy (non-hydrogen) atoms. The van der Waals surface area contributed by atoms with Crippen LogP contribution >= 0.6 is 11.3 Å². The highest BCUT2D eigenvalue weighted by molar-refractivity contribution is 7.18.